The zero-order chi connectivity index (χ0) is 22.2. The molecule has 1 N–H and O–H groups in total. The minimum atomic E-state index is 0.0326. The van der Waals surface area contributed by atoms with Crippen LogP contribution in [0.15, 0.2) is 42.5 Å². The van der Waals surface area contributed by atoms with Crippen LogP contribution >= 0.6 is 0 Å². The summed E-state index contributed by atoms with van der Waals surface area (Å²) in [4.78, 5) is 20.5. The first-order valence-corrected chi connectivity index (χ1v) is 12.7. The smallest absolute Gasteiger partial charge is 0.253 e. The lowest BCUT2D eigenvalue weighted by Gasteiger charge is -2.35. The first kappa shape index (κ1) is 23.0. The Morgan fingerprint density at radius 3 is 2.50 bits per heavy atom. The van der Waals surface area contributed by atoms with Gasteiger partial charge >= 0.3 is 0 Å². The van der Waals surface area contributed by atoms with Crippen LogP contribution in [0, 0.1) is 12.8 Å². The molecule has 1 saturated heterocycles. The number of amides is 1. The Balaban J connectivity index is 1.30. The standard InChI is InChI=1S/C28H39N3O/c1-22-14-15-26(28(32)29-18-8-13-23-9-4-2-5-10-23)27(30-22)25-16-19-31(20-17-25)21-24-11-6-3-7-12-24/h2,4-5,9-10,14-15,24-25H,3,6-8,11-13,16-21H2,1H3,(H,29,32). The molecule has 172 valence electrons. The summed E-state index contributed by atoms with van der Waals surface area (Å²) >= 11 is 0. The van der Waals surface area contributed by atoms with Crippen LogP contribution < -0.4 is 5.32 Å². The van der Waals surface area contributed by atoms with E-state index in [1.165, 1.54) is 44.2 Å². The SMILES string of the molecule is Cc1ccc(C(=O)NCCCc2ccccc2)c(C2CCN(CC3CCCCC3)CC2)n1. The van der Waals surface area contributed by atoms with Gasteiger partial charge in [-0.3, -0.25) is 9.78 Å². The van der Waals surface area contributed by atoms with Crippen molar-refractivity contribution in [1.29, 1.82) is 0 Å². The molecule has 1 aliphatic heterocycles. The predicted octanol–water partition coefficient (Wildman–Crippen LogP) is 5.51. The Hall–Kier alpha value is -2.20. The summed E-state index contributed by atoms with van der Waals surface area (Å²) in [6, 6.07) is 14.4. The molecule has 2 fully saturated rings. The second-order valence-electron chi connectivity index (χ2n) is 9.81. The fourth-order valence-corrected chi connectivity index (χ4v) is 5.44. The molecular formula is C28H39N3O. The minimum Gasteiger partial charge on any atom is -0.352 e. The number of carbonyl (C=O) groups excluding carboxylic acids is 1. The number of rotatable bonds is 8. The van der Waals surface area contributed by atoms with E-state index in [1.807, 2.05) is 25.1 Å². The molecule has 1 aromatic heterocycles. The minimum absolute atomic E-state index is 0.0326. The van der Waals surface area contributed by atoms with Crippen LogP contribution in [-0.2, 0) is 6.42 Å². The van der Waals surface area contributed by atoms with Crippen molar-refractivity contribution in [1.82, 2.24) is 15.2 Å². The molecule has 0 radical (unpaired) electrons. The van der Waals surface area contributed by atoms with Crippen molar-refractivity contribution in [2.24, 2.45) is 5.92 Å². The second-order valence-corrected chi connectivity index (χ2v) is 9.81. The van der Waals surface area contributed by atoms with Gasteiger partial charge in [0.05, 0.1) is 11.3 Å². The Kier molecular flexibility index (Phi) is 8.33. The number of nitrogens with zero attached hydrogens (tertiary/aromatic N) is 2. The lowest BCUT2D eigenvalue weighted by atomic mass is 9.86. The average Bonchev–Trinajstić information content (AvgIpc) is 2.83. The highest BCUT2D eigenvalue weighted by Gasteiger charge is 2.27. The van der Waals surface area contributed by atoms with Gasteiger partial charge in [-0.1, -0.05) is 49.6 Å². The van der Waals surface area contributed by atoms with Crippen molar-refractivity contribution in [3.8, 4) is 0 Å². The van der Waals surface area contributed by atoms with E-state index in [0.717, 1.165) is 61.6 Å². The van der Waals surface area contributed by atoms with Crippen LogP contribution in [0.2, 0.25) is 0 Å². The molecule has 1 aliphatic carbocycles. The molecule has 0 atom stereocenters. The summed E-state index contributed by atoms with van der Waals surface area (Å²) in [6.45, 7) is 6.26. The van der Waals surface area contributed by atoms with Gasteiger partial charge in [0.2, 0.25) is 0 Å². The monoisotopic (exact) mass is 433 g/mol. The number of benzene rings is 1. The number of hydrogen-bond donors (Lipinski definition) is 1. The third-order valence-electron chi connectivity index (χ3n) is 7.29. The summed E-state index contributed by atoms with van der Waals surface area (Å²) in [6.07, 6.45) is 11.2. The average molecular weight is 434 g/mol. The number of aromatic nitrogens is 1. The Morgan fingerprint density at radius 2 is 1.75 bits per heavy atom. The largest absolute Gasteiger partial charge is 0.352 e. The molecule has 1 saturated carbocycles. The van der Waals surface area contributed by atoms with Gasteiger partial charge in [0.25, 0.3) is 5.91 Å². The fourth-order valence-electron chi connectivity index (χ4n) is 5.44. The van der Waals surface area contributed by atoms with Crippen molar-refractivity contribution >= 4 is 5.91 Å². The normalized spacial score (nSPS) is 18.5. The summed E-state index contributed by atoms with van der Waals surface area (Å²) in [5.41, 5.74) is 4.12. The first-order valence-electron chi connectivity index (χ1n) is 12.7. The fraction of sp³-hybridized carbons (Fsp3) is 0.571. The van der Waals surface area contributed by atoms with Crippen LogP contribution in [0.5, 0.6) is 0 Å². The van der Waals surface area contributed by atoms with Crippen molar-refractivity contribution in [2.45, 2.75) is 70.6 Å². The molecule has 4 heteroatoms. The highest BCUT2D eigenvalue weighted by atomic mass is 16.1. The lowest BCUT2D eigenvalue weighted by Crippen LogP contribution is -2.37. The molecule has 0 spiro atoms. The third-order valence-corrected chi connectivity index (χ3v) is 7.29. The number of hydrogen-bond acceptors (Lipinski definition) is 3. The van der Waals surface area contributed by atoms with E-state index in [4.69, 9.17) is 4.98 Å². The molecule has 0 unspecified atom stereocenters. The van der Waals surface area contributed by atoms with Crippen LogP contribution in [0.3, 0.4) is 0 Å². The molecular weight excluding hydrogens is 394 g/mol. The maximum Gasteiger partial charge on any atom is 0.253 e. The molecule has 4 nitrogen and oxygen atoms in total. The quantitative estimate of drug-likeness (QED) is 0.558. The first-order chi connectivity index (χ1) is 15.7. The van der Waals surface area contributed by atoms with Gasteiger partial charge in [0.15, 0.2) is 0 Å². The van der Waals surface area contributed by atoms with Crippen LogP contribution in [-0.4, -0.2) is 42.0 Å². The molecule has 2 aromatic rings. The topological polar surface area (TPSA) is 45.2 Å². The maximum atomic E-state index is 13.0. The number of piperidine rings is 1. The van der Waals surface area contributed by atoms with Crippen LogP contribution in [0.4, 0.5) is 0 Å². The molecule has 2 aliphatic rings. The Bertz CT molecular complexity index is 852. The maximum absolute atomic E-state index is 13.0. The molecule has 2 heterocycles. The Morgan fingerprint density at radius 1 is 1.00 bits per heavy atom. The molecule has 0 bridgehead atoms. The van der Waals surface area contributed by atoms with Gasteiger partial charge in [-0.15, -0.1) is 0 Å². The van der Waals surface area contributed by atoms with Gasteiger partial charge in [-0.2, -0.15) is 0 Å². The van der Waals surface area contributed by atoms with Gasteiger partial charge in [0.1, 0.15) is 0 Å². The third kappa shape index (κ3) is 6.41. The van der Waals surface area contributed by atoms with E-state index >= 15 is 0 Å². The highest BCUT2D eigenvalue weighted by molar-refractivity contribution is 5.95. The highest BCUT2D eigenvalue weighted by Crippen LogP contribution is 2.31. The number of carbonyl (C=O) groups is 1. The predicted molar refractivity (Wildman–Crippen MR) is 131 cm³/mol. The Labute approximate surface area is 193 Å². The van der Waals surface area contributed by atoms with E-state index < -0.39 is 0 Å². The summed E-state index contributed by atoms with van der Waals surface area (Å²) < 4.78 is 0. The van der Waals surface area contributed by atoms with Crippen molar-refractivity contribution in [3.05, 3.63) is 65.0 Å². The number of nitrogens with one attached hydrogen (secondary N) is 1. The van der Waals surface area contributed by atoms with Crippen molar-refractivity contribution in [3.63, 3.8) is 0 Å². The van der Waals surface area contributed by atoms with Gasteiger partial charge in [-0.25, -0.2) is 0 Å². The van der Waals surface area contributed by atoms with Gasteiger partial charge in [-0.05, 0) is 82.2 Å². The van der Waals surface area contributed by atoms with E-state index in [2.05, 4.69) is 34.5 Å². The van der Waals surface area contributed by atoms with Crippen molar-refractivity contribution < 1.29 is 4.79 Å². The number of pyridine rings is 1. The lowest BCUT2D eigenvalue weighted by molar-refractivity contribution is 0.0950. The zero-order valence-corrected chi connectivity index (χ0v) is 19.7. The molecule has 32 heavy (non-hydrogen) atoms. The number of likely N-dealkylation sites (tertiary alicyclic amines) is 1. The summed E-state index contributed by atoms with van der Waals surface area (Å²) in [7, 11) is 0. The molecule has 1 aromatic carbocycles. The van der Waals surface area contributed by atoms with E-state index in [1.54, 1.807) is 0 Å². The molecule has 1 amide bonds. The summed E-state index contributed by atoms with van der Waals surface area (Å²) in [5, 5.41) is 3.14. The van der Waals surface area contributed by atoms with Crippen LogP contribution in [0.25, 0.3) is 0 Å². The van der Waals surface area contributed by atoms with Crippen molar-refractivity contribution in [2.75, 3.05) is 26.2 Å². The number of aryl methyl sites for hydroxylation is 2. The van der Waals surface area contributed by atoms with Gasteiger partial charge < -0.3 is 10.2 Å². The van der Waals surface area contributed by atoms with Crippen LogP contribution in [0.1, 0.15) is 84.6 Å². The van der Waals surface area contributed by atoms with E-state index in [9.17, 15) is 4.79 Å². The van der Waals surface area contributed by atoms with Gasteiger partial charge in [0, 0.05) is 24.7 Å². The van der Waals surface area contributed by atoms with E-state index in [-0.39, 0.29) is 5.91 Å². The zero-order valence-electron chi connectivity index (χ0n) is 19.7. The van der Waals surface area contributed by atoms with E-state index in [0.29, 0.717) is 12.5 Å². The second kappa shape index (κ2) is 11.6. The molecule has 4 rings (SSSR count). The summed E-state index contributed by atoms with van der Waals surface area (Å²) in [5.74, 6) is 1.32.